The molecule has 0 atom stereocenters. The highest BCUT2D eigenvalue weighted by Crippen LogP contribution is 2.28. The molecular formula is C25H26Cl2N2O4S. The monoisotopic (exact) mass is 520 g/mol. The summed E-state index contributed by atoms with van der Waals surface area (Å²) in [6.45, 7) is 4.83. The van der Waals surface area contributed by atoms with Crippen LogP contribution in [0.4, 0.5) is 5.69 Å². The highest BCUT2D eigenvalue weighted by molar-refractivity contribution is 7.92. The maximum absolute atomic E-state index is 12.4. The third-order valence-corrected chi connectivity index (χ3v) is 6.79. The van der Waals surface area contributed by atoms with Crippen molar-refractivity contribution in [2.24, 2.45) is 0 Å². The molecule has 0 aromatic heterocycles. The number of amides is 1. The zero-order valence-corrected chi connectivity index (χ0v) is 21.5. The van der Waals surface area contributed by atoms with Crippen molar-refractivity contribution in [2.75, 3.05) is 23.7 Å². The molecule has 0 spiro atoms. The van der Waals surface area contributed by atoms with Gasteiger partial charge in [-0.1, -0.05) is 41.4 Å². The molecule has 3 aromatic rings. The number of sulfonamides is 1. The molecule has 0 aliphatic heterocycles. The average molecular weight is 521 g/mol. The highest BCUT2D eigenvalue weighted by Gasteiger charge is 2.19. The van der Waals surface area contributed by atoms with Crippen LogP contribution in [0.2, 0.25) is 10.0 Å². The molecule has 9 heteroatoms. The van der Waals surface area contributed by atoms with E-state index in [0.29, 0.717) is 40.0 Å². The van der Waals surface area contributed by atoms with Crippen LogP contribution in [0.15, 0.2) is 60.7 Å². The van der Waals surface area contributed by atoms with Crippen LogP contribution < -0.4 is 14.4 Å². The molecule has 0 radical (unpaired) electrons. The quantitative estimate of drug-likeness (QED) is 0.384. The molecule has 0 fully saturated rings. The van der Waals surface area contributed by atoms with E-state index in [1.54, 1.807) is 24.3 Å². The summed E-state index contributed by atoms with van der Waals surface area (Å²) >= 11 is 12.1. The molecule has 34 heavy (non-hydrogen) atoms. The highest BCUT2D eigenvalue weighted by atomic mass is 35.5. The standard InChI is InChI=1S/C25H26Cl2N2O4S/c1-17-4-9-24(12-18(17)2)33-11-10-28-25(30)20-7-5-19(6-8-20)16-29(34(3,31)32)23-14-21(26)13-22(27)15-23/h4-9,12-15H,10-11,16H2,1-3H3,(H,28,30). The number of nitrogens with one attached hydrogen (secondary N) is 1. The Hall–Kier alpha value is -2.74. The number of aryl methyl sites for hydroxylation is 2. The minimum atomic E-state index is -3.60. The van der Waals surface area contributed by atoms with Crippen LogP contribution in [0.3, 0.4) is 0 Å². The van der Waals surface area contributed by atoms with E-state index in [9.17, 15) is 13.2 Å². The second-order valence-corrected chi connectivity index (χ2v) is 10.7. The minimum Gasteiger partial charge on any atom is -0.492 e. The molecular weight excluding hydrogens is 495 g/mol. The van der Waals surface area contributed by atoms with Crippen LogP contribution in [0.25, 0.3) is 0 Å². The van der Waals surface area contributed by atoms with E-state index in [4.69, 9.17) is 27.9 Å². The lowest BCUT2D eigenvalue weighted by Crippen LogP contribution is -2.29. The van der Waals surface area contributed by atoms with Gasteiger partial charge < -0.3 is 10.1 Å². The Morgan fingerprint density at radius 2 is 1.59 bits per heavy atom. The summed E-state index contributed by atoms with van der Waals surface area (Å²) in [6.07, 6.45) is 1.11. The SMILES string of the molecule is Cc1ccc(OCCNC(=O)c2ccc(CN(c3cc(Cl)cc(Cl)c3)S(C)(=O)=O)cc2)cc1C. The van der Waals surface area contributed by atoms with E-state index >= 15 is 0 Å². The van der Waals surface area contributed by atoms with Crippen molar-refractivity contribution in [2.45, 2.75) is 20.4 Å². The van der Waals surface area contributed by atoms with Gasteiger partial charge in [-0.25, -0.2) is 8.42 Å². The van der Waals surface area contributed by atoms with E-state index in [1.165, 1.54) is 28.1 Å². The van der Waals surface area contributed by atoms with Gasteiger partial charge in [0.05, 0.1) is 25.0 Å². The fraction of sp³-hybridized carbons (Fsp3) is 0.240. The number of ether oxygens (including phenoxy) is 1. The topological polar surface area (TPSA) is 75.7 Å². The van der Waals surface area contributed by atoms with Gasteiger partial charge in [-0.05, 0) is 73.0 Å². The maximum Gasteiger partial charge on any atom is 0.251 e. The lowest BCUT2D eigenvalue weighted by molar-refractivity contribution is 0.0947. The lowest BCUT2D eigenvalue weighted by atomic mass is 10.1. The van der Waals surface area contributed by atoms with Gasteiger partial charge in [0, 0.05) is 15.6 Å². The molecule has 1 amide bonds. The predicted molar refractivity (Wildman–Crippen MR) is 138 cm³/mol. The summed E-state index contributed by atoms with van der Waals surface area (Å²) in [5.41, 5.74) is 3.88. The maximum atomic E-state index is 12.4. The van der Waals surface area contributed by atoms with Gasteiger partial charge in [0.15, 0.2) is 0 Å². The smallest absolute Gasteiger partial charge is 0.251 e. The average Bonchev–Trinajstić information content (AvgIpc) is 2.76. The molecule has 0 saturated heterocycles. The Kier molecular flexibility index (Phi) is 8.47. The van der Waals surface area contributed by atoms with Crippen LogP contribution in [0, 0.1) is 13.8 Å². The van der Waals surface area contributed by atoms with E-state index in [2.05, 4.69) is 5.32 Å². The normalized spacial score (nSPS) is 11.2. The Morgan fingerprint density at radius 3 is 2.18 bits per heavy atom. The van der Waals surface area contributed by atoms with Crippen molar-refractivity contribution in [1.82, 2.24) is 5.32 Å². The van der Waals surface area contributed by atoms with Gasteiger partial charge in [0.2, 0.25) is 10.0 Å². The largest absolute Gasteiger partial charge is 0.492 e. The lowest BCUT2D eigenvalue weighted by Gasteiger charge is -2.23. The number of halogens is 2. The summed E-state index contributed by atoms with van der Waals surface area (Å²) in [4.78, 5) is 12.4. The molecule has 0 saturated carbocycles. The second kappa shape index (κ2) is 11.1. The number of carbonyl (C=O) groups excluding carboxylic acids is 1. The molecule has 180 valence electrons. The third-order valence-electron chi connectivity index (χ3n) is 5.21. The summed E-state index contributed by atoms with van der Waals surface area (Å²) in [6, 6.07) is 17.2. The van der Waals surface area contributed by atoms with Crippen molar-refractivity contribution < 1.29 is 17.9 Å². The Balaban J connectivity index is 1.59. The minimum absolute atomic E-state index is 0.0706. The van der Waals surface area contributed by atoms with Crippen molar-refractivity contribution in [3.63, 3.8) is 0 Å². The first-order chi connectivity index (χ1) is 16.0. The molecule has 3 rings (SSSR count). The zero-order chi connectivity index (χ0) is 24.9. The zero-order valence-electron chi connectivity index (χ0n) is 19.1. The molecule has 6 nitrogen and oxygen atoms in total. The predicted octanol–water partition coefficient (Wildman–Crippen LogP) is 5.39. The van der Waals surface area contributed by atoms with Gasteiger partial charge in [0.25, 0.3) is 5.91 Å². The number of hydrogen-bond donors (Lipinski definition) is 1. The number of carbonyl (C=O) groups is 1. The van der Waals surface area contributed by atoms with E-state index in [1.807, 2.05) is 32.0 Å². The van der Waals surface area contributed by atoms with Crippen LogP contribution in [-0.4, -0.2) is 33.7 Å². The molecule has 0 heterocycles. The van der Waals surface area contributed by atoms with Gasteiger partial charge >= 0.3 is 0 Å². The van der Waals surface area contributed by atoms with Crippen molar-refractivity contribution >= 4 is 44.8 Å². The Labute approximate surface area is 210 Å². The fourth-order valence-electron chi connectivity index (χ4n) is 3.25. The Morgan fingerprint density at radius 1 is 0.941 bits per heavy atom. The van der Waals surface area contributed by atoms with Gasteiger partial charge in [-0.2, -0.15) is 0 Å². The van der Waals surface area contributed by atoms with E-state index < -0.39 is 10.0 Å². The number of benzene rings is 3. The first kappa shape index (κ1) is 25.9. The third kappa shape index (κ3) is 7.13. The van der Waals surface area contributed by atoms with Crippen molar-refractivity contribution in [3.05, 3.63) is 93.0 Å². The summed E-state index contributed by atoms with van der Waals surface area (Å²) in [5, 5.41) is 3.49. The fourth-order valence-corrected chi connectivity index (χ4v) is 4.64. The molecule has 0 unspecified atom stereocenters. The first-order valence-electron chi connectivity index (χ1n) is 10.5. The van der Waals surface area contributed by atoms with Gasteiger partial charge in [0.1, 0.15) is 12.4 Å². The van der Waals surface area contributed by atoms with Gasteiger partial charge in [-0.15, -0.1) is 0 Å². The number of hydrogen-bond acceptors (Lipinski definition) is 4. The van der Waals surface area contributed by atoms with Crippen LogP contribution in [0.5, 0.6) is 5.75 Å². The number of anilines is 1. The molecule has 1 N–H and O–H groups in total. The molecule has 3 aromatic carbocycles. The first-order valence-corrected chi connectivity index (χ1v) is 13.1. The van der Waals surface area contributed by atoms with Crippen molar-refractivity contribution in [1.29, 1.82) is 0 Å². The summed E-state index contributed by atoms with van der Waals surface area (Å²) in [5.74, 6) is 0.523. The molecule has 0 aliphatic carbocycles. The molecule has 0 bridgehead atoms. The summed E-state index contributed by atoms with van der Waals surface area (Å²) in [7, 11) is -3.60. The number of rotatable bonds is 9. The van der Waals surface area contributed by atoms with Crippen LogP contribution in [-0.2, 0) is 16.6 Å². The van der Waals surface area contributed by atoms with Crippen LogP contribution >= 0.6 is 23.2 Å². The second-order valence-electron chi connectivity index (χ2n) is 7.94. The number of nitrogens with zero attached hydrogens (tertiary/aromatic N) is 1. The van der Waals surface area contributed by atoms with Crippen LogP contribution in [0.1, 0.15) is 27.0 Å². The molecule has 0 aliphatic rings. The Bertz CT molecular complexity index is 1260. The van der Waals surface area contributed by atoms with Crippen molar-refractivity contribution in [3.8, 4) is 5.75 Å². The summed E-state index contributed by atoms with van der Waals surface area (Å²) < 4.78 is 31.7. The van der Waals surface area contributed by atoms with E-state index in [0.717, 1.165) is 17.6 Å². The van der Waals surface area contributed by atoms with Gasteiger partial charge in [-0.3, -0.25) is 9.10 Å². The van der Waals surface area contributed by atoms with E-state index in [-0.39, 0.29) is 12.5 Å².